The van der Waals surface area contributed by atoms with Gasteiger partial charge in [0.2, 0.25) is 0 Å². The van der Waals surface area contributed by atoms with Crippen molar-refractivity contribution in [3.63, 3.8) is 0 Å². The highest BCUT2D eigenvalue weighted by molar-refractivity contribution is 5.76. The monoisotopic (exact) mass is 253 g/mol. The molecule has 1 rings (SSSR count). The first-order chi connectivity index (χ1) is 8.51. The van der Waals surface area contributed by atoms with Crippen molar-refractivity contribution in [2.75, 3.05) is 26.2 Å². The topological polar surface area (TPSA) is 84.6 Å². The number of nitriles is 1. The first-order valence-electron chi connectivity index (χ1n) is 6.14. The number of carboxylic acids is 1. The van der Waals surface area contributed by atoms with Crippen molar-refractivity contribution < 1.29 is 14.7 Å². The van der Waals surface area contributed by atoms with E-state index in [1.165, 1.54) is 0 Å². The quantitative estimate of drug-likeness (QED) is 0.792. The third-order valence-corrected chi connectivity index (χ3v) is 3.42. The Labute approximate surface area is 107 Å². The van der Waals surface area contributed by atoms with Gasteiger partial charge >= 0.3 is 12.0 Å². The van der Waals surface area contributed by atoms with E-state index in [4.69, 9.17) is 10.4 Å². The average Bonchev–Trinajstić information content (AvgIpc) is 2.27. The zero-order valence-corrected chi connectivity index (χ0v) is 10.8. The molecule has 0 saturated carbocycles. The summed E-state index contributed by atoms with van der Waals surface area (Å²) in [5.41, 5.74) is 0. The molecule has 2 amide bonds. The number of carbonyl (C=O) groups is 2. The molecule has 6 heteroatoms. The summed E-state index contributed by atoms with van der Waals surface area (Å²) in [5, 5.41) is 17.4. The third kappa shape index (κ3) is 3.13. The minimum atomic E-state index is -0.816. The number of hydrogen-bond acceptors (Lipinski definition) is 3. The summed E-state index contributed by atoms with van der Waals surface area (Å²) in [5.74, 6) is -1.19. The van der Waals surface area contributed by atoms with E-state index in [-0.39, 0.29) is 11.9 Å². The summed E-state index contributed by atoms with van der Waals surface area (Å²) < 4.78 is 0. The van der Waals surface area contributed by atoms with Gasteiger partial charge in [-0.25, -0.2) is 4.79 Å². The summed E-state index contributed by atoms with van der Waals surface area (Å²) in [7, 11) is 0. The fourth-order valence-corrected chi connectivity index (χ4v) is 1.96. The van der Waals surface area contributed by atoms with Crippen molar-refractivity contribution in [2.24, 2.45) is 11.8 Å². The van der Waals surface area contributed by atoms with Gasteiger partial charge in [0.1, 0.15) is 0 Å². The first-order valence-corrected chi connectivity index (χ1v) is 6.14. The highest BCUT2D eigenvalue weighted by atomic mass is 16.4. The minimum absolute atomic E-state index is 0.0427. The largest absolute Gasteiger partial charge is 0.481 e. The van der Waals surface area contributed by atoms with Crippen molar-refractivity contribution >= 4 is 12.0 Å². The molecule has 0 bridgehead atoms. The summed E-state index contributed by atoms with van der Waals surface area (Å²) in [4.78, 5) is 26.0. The number of aliphatic carboxylic acids is 1. The lowest BCUT2D eigenvalue weighted by Gasteiger charge is -2.43. The van der Waals surface area contributed by atoms with Crippen molar-refractivity contribution in [1.29, 1.82) is 5.26 Å². The van der Waals surface area contributed by atoms with E-state index in [1.807, 2.05) is 13.0 Å². The van der Waals surface area contributed by atoms with E-state index < -0.39 is 11.9 Å². The van der Waals surface area contributed by atoms with Gasteiger partial charge in [0.15, 0.2) is 0 Å². The van der Waals surface area contributed by atoms with Gasteiger partial charge in [0.25, 0.3) is 0 Å². The van der Waals surface area contributed by atoms with Gasteiger partial charge in [-0.3, -0.25) is 4.79 Å². The molecule has 1 heterocycles. The molecule has 1 N–H and O–H groups in total. The van der Waals surface area contributed by atoms with E-state index in [0.717, 1.165) is 0 Å². The Bertz CT molecular complexity index is 358. The van der Waals surface area contributed by atoms with Gasteiger partial charge in [-0.15, -0.1) is 0 Å². The van der Waals surface area contributed by atoms with Crippen LogP contribution in [0.1, 0.15) is 20.3 Å². The van der Waals surface area contributed by atoms with E-state index >= 15 is 0 Å². The van der Waals surface area contributed by atoms with Crippen LogP contribution in [0.2, 0.25) is 0 Å². The van der Waals surface area contributed by atoms with Crippen LogP contribution in [0.15, 0.2) is 0 Å². The lowest BCUT2D eigenvalue weighted by Crippen LogP contribution is -2.57. The molecule has 0 radical (unpaired) electrons. The predicted molar refractivity (Wildman–Crippen MR) is 64.7 cm³/mol. The Balaban J connectivity index is 2.42. The summed E-state index contributed by atoms with van der Waals surface area (Å²) in [6.07, 6.45) is 0.322. The number of nitrogens with zero attached hydrogens (tertiary/aromatic N) is 3. The maximum Gasteiger partial charge on any atom is 0.320 e. The lowest BCUT2D eigenvalue weighted by molar-refractivity contribution is -0.144. The molecule has 1 atom stereocenters. The van der Waals surface area contributed by atoms with E-state index in [1.54, 1.807) is 16.7 Å². The number of hydrogen-bond donors (Lipinski definition) is 1. The van der Waals surface area contributed by atoms with Crippen LogP contribution in [0.5, 0.6) is 0 Å². The van der Waals surface area contributed by atoms with Crippen LogP contribution in [0.25, 0.3) is 0 Å². The molecule has 100 valence electrons. The second-order valence-corrected chi connectivity index (χ2v) is 4.56. The van der Waals surface area contributed by atoms with Gasteiger partial charge in [-0.1, -0.05) is 6.92 Å². The average molecular weight is 253 g/mol. The van der Waals surface area contributed by atoms with Crippen molar-refractivity contribution in [2.45, 2.75) is 20.3 Å². The molecule has 1 aliphatic rings. The van der Waals surface area contributed by atoms with Crippen LogP contribution in [-0.2, 0) is 4.79 Å². The maximum atomic E-state index is 12.0. The predicted octanol–water partition coefficient (Wildman–Crippen LogP) is 0.994. The molecule has 0 spiro atoms. The van der Waals surface area contributed by atoms with E-state index in [2.05, 4.69) is 0 Å². The number of carboxylic acid groups (broad SMARTS) is 1. The molecule has 18 heavy (non-hydrogen) atoms. The molecule has 1 unspecified atom stereocenters. The molecule has 1 saturated heterocycles. The zero-order chi connectivity index (χ0) is 13.7. The normalized spacial score (nSPS) is 16.6. The van der Waals surface area contributed by atoms with Crippen molar-refractivity contribution in [1.82, 2.24) is 9.80 Å². The molecular weight excluding hydrogens is 234 g/mol. The fourth-order valence-electron chi connectivity index (χ4n) is 1.96. The maximum absolute atomic E-state index is 12.0. The molecule has 0 aliphatic carbocycles. The highest BCUT2D eigenvalue weighted by Crippen LogP contribution is 2.25. The Morgan fingerprint density at radius 2 is 2.17 bits per heavy atom. The van der Waals surface area contributed by atoms with E-state index in [0.29, 0.717) is 32.6 Å². The van der Waals surface area contributed by atoms with Crippen LogP contribution in [0.3, 0.4) is 0 Å². The van der Waals surface area contributed by atoms with Crippen LogP contribution in [-0.4, -0.2) is 53.1 Å². The van der Waals surface area contributed by atoms with Gasteiger partial charge in [0.05, 0.1) is 18.4 Å². The lowest BCUT2D eigenvalue weighted by atomic mass is 9.87. The van der Waals surface area contributed by atoms with Gasteiger partial charge in [0, 0.05) is 32.1 Å². The Hall–Kier alpha value is -1.77. The second-order valence-electron chi connectivity index (χ2n) is 4.56. The molecule has 0 aromatic carbocycles. The molecule has 1 fully saturated rings. The zero-order valence-electron chi connectivity index (χ0n) is 10.8. The highest BCUT2D eigenvalue weighted by Gasteiger charge is 2.38. The van der Waals surface area contributed by atoms with Gasteiger partial charge in [-0.05, 0) is 6.92 Å². The fraction of sp³-hybridized carbons (Fsp3) is 0.750. The van der Waals surface area contributed by atoms with Gasteiger partial charge < -0.3 is 14.9 Å². The molecule has 0 aromatic heterocycles. The Morgan fingerprint density at radius 1 is 1.56 bits per heavy atom. The third-order valence-electron chi connectivity index (χ3n) is 3.42. The number of likely N-dealkylation sites (tertiary alicyclic amines) is 1. The number of urea groups is 1. The number of rotatable bonds is 5. The summed E-state index contributed by atoms with van der Waals surface area (Å²) >= 11 is 0. The molecular formula is C12H19N3O3. The minimum Gasteiger partial charge on any atom is -0.481 e. The van der Waals surface area contributed by atoms with Crippen LogP contribution in [0, 0.1) is 23.2 Å². The SMILES string of the molecule is CCN(CCC#N)C(=O)N1CC(C(C)C(=O)O)C1. The smallest absolute Gasteiger partial charge is 0.320 e. The van der Waals surface area contributed by atoms with Crippen LogP contribution in [0.4, 0.5) is 4.79 Å². The van der Waals surface area contributed by atoms with Crippen molar-refractivity contribution in [3.8, 4) is 6.07 Å². The first kappa shape index (κ1) is 14.3. The molecule has 6 nitrogen and oxygen atoms in total. The second kappa shape index (κ2) is 6.24. The summed E-state index contributed by atoms with van der Waals surface area (Å²) in [6.45, 7) is 5.52. The Morgan fingerprint density at radius 3 is 2.61 bits per heavy atom. The standard InChI is InChI=1S/C12H19N3O3/c1-3-14(6-4-5-13)12(18)15-7-10(8-15)9(2)11(16)17/h9-10H,3-4,6-8H2,1-2H3,(H,16,17). The van der Waals surface area contributed by atoms with Crippen LogP contribution >= 0.6 is 0 Å². The Kier molecular flexibility index (Phi) is 4.95. The molecule has 0 aromatic rings. The van der Waals surface area contributed by atoms with Crippen molar-refractivity contribution in [3.05, 3.63) is 0 Å². The van der Waals surface area contributed by atoms with Gasteiger partial charge in [-0.2, -0.15) is 5.26 Å². The number of amides is 2. The number of carbonyl (C=O) groups excluding carboxylic acids is 1. The molecule has 1 aliphatic heterocycles. The van der Waals surface area contributed by atoms with Crippen LogP contribution < -0.4 is 0 Å². The summed E-state index contributed by atoms with van der Waals surface area (Å²) in [6, 6.07) is 1.92. The van der Waals surface area contributed by atoms with E-state index in [9.17, 15) is 9.59 Å².